The second-order valence-electron chi connectivity index (χ2n) is 4.60. The molecular formula is C12H19BrN2S. The smallest absolute Gasteiger partial charge is 0.110 e. The maximum absolute atomic E-state index is 4.42. The van der Waals surface area contributed by atoms with Crippen LogP contribution >= 0.6 is 27.3 Å². The Kier molecular flexibility index (Phi) is 4.39. The quantitative estimate of drug-likeness (QED) is 0.904. The molecule has 0 amide bonds. The minimum absolute atomic E-state index is 0.383. The van der Waals surface area contributed by atoms with Crippen molar-refractivity contribution < 1.29 is 0 Å². The zero-order chi connectivity index (χ0) is 11.5. The number of hydrogen-bond donors (Lipinski definition) is 1. The number of hydrogen-bond acceptors (Lipinski definition) is 3. The number of halogens is 1. The van der Waals surface area contributed by atoms with E-state index < -0.39 is 0 Å². The van der Waals surface area contributed by atoms with Crippen LogP contribution in [-0.4, -0.2) is 11.0 Å². The second kappa shape index (κ2) is 5.61. The lowest BCUT2D eigenvalue weighted by Gasteiger charge is -2.23. The molecular weight excluding hydrogens is 284 g/mol. The fourth-order valence-electron chi connectivity index (χ4n) is 2.60. The van der Waals surface area contributed by atoms with Crippen molar-refractivity contribution in [3.8, 4) is 0 Å². The third kappa shape index (κ3) is 2.84. The molecule has 16 heavy (non-hydrogen) atoms. The van der Waals surface area contributed by atoms with Gasteiger partial charge >= 0.3 is 0 Å². The lowest BCUT2D eigenvalue weighted by molar-refractivity contribution is 0.360. The largest absolute Gasteiger partial charge is 0.305 e. The van der Waals surface area contributed by atoms with Crippen molar-refractivity contribution in [1.82, 2.24) is 10.3 Å². The van der Waals surface area contributed by atoms with Crippen LogP contribution in [-0.2, 0) is 0 Å². The predicted molar refractivity (Wildman–Crippen MR) is 72.8 cm³/mol. The van der Waals surface area contributed by atoms with Crippen LogP contribution in [0.1, 0.15) is 50.6 Å². The number of nitrogens with one attached hydrogen (secondary N) is 1. The Hall–Kier alpha value is 0.0700. The molecule has 90 valence electrons. The highest BCUT2D eigenvalue weighted by Gasteiger charge is 2.27. The molecule has 0 saturated heterocycles. The first-order chi connectivity index (χ1) is 7.70. The fourth-order valence-corrected chi connectivity index (χ4v) is 3.86. The topological polar surface area (TPSA) is 24.9 Å². The van der Waals surface area contributed by atoms with Crippen molar-refractivity contribution in [3.05, 3.63) is 15.0 Å². The minimum Gasteiger partial charge on any atom is -0.305 e. The standard InChI is InChI=1S/C12H19BrN2S/c1-3-9-5-4-6-10(9)15-8(2)12-14-7-11(13)16-12/h7-10,15H,3-6H2,1-2H3. The number of rotatable bonds is 4. The van der Waals surface area contributed by atoms with Gasteiger partial charge in [-0.3, -0.25) is 0 Å². The van der Waals surface area contributed by atoms with Crippen molar-refractivity contribution in [2.75, 3.05) is 0 Å². The molecule has 0 aromatic carbocycles. The highest BCUT2D eigenvalue weighted by atomic mass is 79.9. The Morgan fingerprint density at radius 3 is 3.06 bits per heavy atom. The van der Waals surface area contributed by atoms with Gasteiger partial charge in [-0.25, -0.2) is 4.98 Å². The molecule has 3 atom stereocenters. The Bertz CT molecular complexity index is 340. The van der Waals surface area contributed by atoms with Gasteiger partial charge in [0.2, 0.25) is 0 Å². The molecule has 4 heteroatoms. The molecule has 2 nitrogen and oxygen atoms in total. The van der Waals surface area contributed by atoms with Crippen LogP contribution in [0.25, 0.3) is 0 Å². The first kappa shape index (κ1) is 12.5. The van der Waals surface area contributed by atoms with E-state index in [-0.39, 0.29) is 0 Å². The van der Waals surface area contributed by atoms with E-state index in [0.29, 0.717) is 12.1 Å². The van der Waals surface area contributed by atoms with Gasteiger partial charge in [0.05, 0.1) is 16.0 Å². The van der Waals surface area contributed by atoms with E-state index in [0.717, 1.165) is 9.70 Å². The van der Waals surface area contributed by atoms with Crippen molar-refractivity contribution in [2.24, 2.45) is 5.92 Å². The van der Waals surface area contributed by atoms with Crippen LogP contribution in [0.2, 0.25) is 0 Å². The third-order valence-electron chi connectivity index (χ3n) is 3.51. The van der Waals surface area contributed by atoms with Crippen LogP contribution in [0.5, 0.6) is 0 Å². The monoisotopic (exact) mass is 302 g/mol. The Morgan fingerprint density at radius 1 is 1.62 bits per heavy atom. The summed E-state index contributed by atoms with van der Waals surface area (Å²) < 4.78 is 1.12. The van der Waals surface area contributed by atoms with E-state index in [1.165, 1.54) is 30.7 Å². The highest BCUT2D eigenvalue weighted by molar-refractivity contribution is 9.11. The van der Waals surface area contributed by atoms with Gasteiger partial charge in [-0.05, 0) is 41.6 Å². The van der Waals surface area contributed by atoms with Crippen LogP contribution in [0, 0.1) is 5.92 Å². The van der Waals surface area contributed by atoms with Crippen LogP contribution < -0.4 is 5.32 Å². The maximum Gasteiger partial charge on any atom is 0.110 e. The zero-order valence-corrected chi connectivity index (χ0v) is 12.3. The summed E-state index contributed by atoms with van der Waals surface area (Å²) >= 11 is 5.20. The molecule has 1 N–H and O–H groups in total. The van der Waals surface area contributed by atoms with E-state index in [4.69, 9.17) is 0 Å². The maximum atomic E-state index is 4.42. The fraction of sp³-hybridized carbons (Fsp3) is 0.750. The van der Waals surface area contributed by atoms with Crippen molar-refractivity contribution in [3.63, 3.8) is 0 Å². The molecule has 0 bridgehead atoms. The number of aromatic nitrogens is 1. The summed E-state index contributed by atoms with van der Waals surface area (Å²) in [4.78, 5) is 4.42. The number of thiazole rings is 1. The summed E-state index contributed by atoms with van der Waals surface area (Å²) in [5.41, 5.74) is 0. The molecule has 1 heterocycles. The normalized spacial score (nSPS) is 27.2. The number of nitrogens with zero attached hydrogens (tertiary/aromatic N) is 1. The predicted octanol–water partition coefficient (Wildman–Crippen LogP) is 4.13. The summed E-state index contributed by atoms with van der Waals surface area (Å²) in [5, 5.41) is 4.93. The van der Waals surface area contributed by atoms with Crippen LogP contribution in [0.4, 0.5) is 0 Å². The van der Waals surface area contributed by atoms with Gasteiger partial charge < -0.3 is 5.32 Å². The van der Waals surface area contributed by atoms with Gasteiger partial charge in [-0.2, -0.15) is 0 Å². The van der Waals surface area contributed by atoms with E-state index in [1.807, 2.05) is 6.20 Å². The molecule has 1 fully saturated rings. The summed E-state index contributed by atoms with van der Waals surface area (Å²) in [5.74, 6) is 0.867. The van der Waals surface area contributed by atoms with Crippen molar-refractivity contribution >= 4 is 27.3 Å². The van der Waals surface area contributed by atoms with E-state index in [1.54, 1.807) is 11.3 Å². The van der Waals surface area contributed by atoms with Gasteiger partial charge in [0.25, 0.3) is 0 Å². The molecule has 0 spiro atoms. The minimum atomic E-state index is 0.383. The Balaban J connectivity index is 1.94. The molecule has 1 aliphatic rings. The van der Waals surface area contributed by atoms with Gasteiger partial charge in [-0.1, -0.05) is 19.8 Å². The molecule has 0 radical (unpaired) electrons. The molecule has 1 aromatic rings. The third-order valence-corrected chi connectivity index (χ3v) is 5.17. The SMILES string of the molecule is CCC1CCCC1NC(C)c1ncc(Br)s1. The average molecular weight is 303 g/mol. The van der Waals surface area contributed by atoms with Crippen molar-refractivity contribution in [1.29, 1.82) is 0 Å². The zero-order valence-electron chi connectivity index (χ0n) is 9.87. The lowest BCUT2D eigenvalue weighted by Crippen LogP contribution is -2.34. The van der Waals surface area contributed by atoms with Gasteiger partial charge in [0, 0.05) is 6.04 Å². The van der Waals surface area contributed by atoms with Crippen molar-refractivity contribution in [2.45, 2.75) is 51.6 Å². The molecule has 1 aliphatic carbocycles. The molecule has 3 unspecified atom stereocenters. The van der Waals surface area contributed by atoms with Gasteiger partial charge in [-0.15, -0.1) is 11.3 Å². The summed E-state index contributed by atoms with van der Waals surface area (Å²) in [7, 11) is 0. The average Bonchev–Trinajstić information content (AvgIpc) is 2.86. The first-order valence-electron chi connectivity index (χ1n) is 6.08. The lowest BCUT2D eigenvalue weighted by atomic mass is 10.00. The van der Waals surface area contributed by atoms with Crippen LogP contribution in [0.15, 0.2) is 9.98 Å². The summed E-state index contributed by atoms with van der Waals surface area (Å²) in [6.07, 6.45) is 7.29. The van der Waals surface area contributed by atoms with E-state index in [9.17, 15) is 0 Å². The highest BCUT2D eigenvalue weighted by Crippen LogP contribution is 2.31. The molecule has 1 saturated carbocycles. The molecule has 0 aliphatic heterocycles. The first-order valence-corrected chi connectivity index (χ1v) is 7.69. The Labute approximate surface area is 110 Å². The Morgan fingerprint density at radius 2 is 2.44 bits per heavy atom. The van der Waals surface area contributed by atoms with Crippen LogP contribution in [0.3, 0.4) is 0 Å². The molecule has 2 rings (SSSR count). The van der Waals surface area contributed by atoms with E-state index >= 15 is 0 Å². The van der Waals surface area contributed by atoms with E-state index in [2.05, 4.69) is 40.1 Å². The second-order valence-corrected chi connectivity index (χ2v) is 7.04. The summed E-state index contributed by atoms with van der Waals surface area (Å²) in [6, 6.07) is 1.08. The van der Waals surface area contributed by atoms with Gasteiger partial charge in [0.15, 0.2) is 0 Å². The molecule has 1 aromatic heterocycles. The van der Waals surface area contributed by atoms with Gasteiger partial charge in [0.1, 0.15) is 5.01 Å². The summed E-state index contributed by atoms with van der Waals surface area (Å²) in [6.45, 7) is 4.52.